The van der Waals surface area contributed by atoms with Gasteiger partial charge < -0.3 is 0 Å². The van der Waals surface area contributed by atoms with Crippen LogP contribution in [0.2, 0.25) is 0 Å². The van der Waals surface area contributed by atoms with E-state index in [0.29, 0.717) is 0 Å². The summed E-state index contributed by atoms with van der Waals surface area (Å²) in [4.78, 5) is 4.15. The fraction of sp³-hybridized carbons (Fsp3) is 0.333. The fourth-order valence-corrected chi connectivity index (χ4v) is 2.03. The fourth-order valence-electron chi connectivity index (χ4n) is 2.03. The molecule has 0 bridgehead atoms. The number of rotatable bonds is 3. The number of hydrogen-bond donors (Lipinski definition) is 2. The molecule has 0 spiro atoms. The van der Waals surface area contributed by atoms with Crippen molar-refractivity contribution in [2.75, 3.05) is 0 Å². The Hall–Kier alpha value is -1.72. The monoisotopic (exact) mass is 231 g/mol. The number of hydrogen-bond acceptors (Lipinski definition) is 4. The second-order valence-electron chi connectivity index (χ2n) is 4.18. The Morgan fingerprint density at radius 3 is 2.65 bits per heavy atom. The third-order valence-corrected chi connectivity index (χ3v) is 2.92. The molecule has 2 aromatic heterocycles. The summed E-state index contributed by atoms with van der Waals surface area (Å²) in [5.74, 6) is 5.67. The van der Waals surface area contributed by atoms with E-state index < -0.39 is 0 Å². The number of aryl methyl sites for hydroxylation is 3. The maximum atomic E-state index is 5.67. The van der Waals surface area contributed by atoms with E-state index in [-0.39, 0.29) is 6.04 Å². The van der Waals surface area contributed by atoms with Crippen molar-refractivity contribution in [2.24, 2.45) is 12.9 Å². The van der Waals surface area contributed by atoms with Crippen molar-refractivity contribution >= 4 is 0 Å². The average Bonchev–Trinajstić information content (AvgIpc) is 2.62. The number of nitrogens with one attached hydrogen (secondary N) is 1. The Morgan fingerprint density at radius 1 is 1.35 bits per heavy atom. The molecule has 0 radical (unpaired) electrons. The summed E-state index contributed by atoms with van der Waals surface area (Å²) in [5.41, 5.74) is 7.12. The van der Waals surface area contributed by atoms with Gasteiger partial charge in [0.25, 0.3) is 0 Å². The first-order chi connectivity index (χ1) is 8.13. The maximum absolute atomic E-state index is 5.67. The highest BCUT2D eigenvalue weighted by molar-refractivity contribution is 5.35. The van der Waals surface area contributed by atoms with Crippen molar-refractivity contribution in [3.05, 3.63) is 47.0 Å². The smallest absolute Gasteiger partial charge is 0.0760 e. The highest BCUT2D eigenvalue weighted by atomic mass is 15.3. The molecule has 0 amide bonds. The van der Waals surface area contributed by atoms with Gasteiger partial charge in [0.1, 0.15) is 0 Å². The first-order valence-electron chi connectivity index (χ1n) is 5.50. The van der Waals surface area contributed by atoms with Crippen molar-refractivity contribution in [2.45, 2.75) is 19.9 Å². The maximum Gasteiger partial charge on any atom is 0.0760 e. The lowest BCUT2D eigenvalue weighted by Gasteiger charge is -2.17. The molecule has 0 aromatic carbocycles. The van der Waals surface area contributed by atoms with Crippen LogP contribution in [0.15, 0.2) is 24.7 Å². The van der Waals surface area contributed by atoms with E-state index in [0.717, 1.165) is 22.4 Å². The summed E-state index contributed by atoms with van der Waals surface area (Å²) in [6.45, 7) is 4.03. The molecule has 2 aromatic rings. The molecule has 3 N–H and O–H groups in total. The van der Waals surface area contributed by atoms with Gasteiger partial charge in [-0.25, -0.2) is 5.43 Å². The van der Waals surface area contributed by atoms with Gasteiger partial charge in [0.2, 0.25) is 0 Å². The predicted octanol–water partition coefficient (Wildman–Crippen LogP) is 0.985. The molecule has 0 fully saturated rings. The van der Waals surface area contributed by atoms with Gasteiger partial charge >= 0.3 is 0 Å². The molecular weight excluding hydrogens is 214 g/mol. The lowest BCUT2D eigenvalue weighted by atomic mass is 9.98. The minimum Gasteiger partial charge on any atom is -0.275 e. The van der Waals surface area contributed by atoms with Crippen molar-refractivity contribution in [1.29, 1.82) is 0 Å². The zero-order valence-electron chi connectivity index (χ0n) is 10.3. The number of pyridine rings is 1. The quantitative estimate of drug-likeness (QED) is 0.610. The van der Waals surface area contributed by atoms with Gasteiger partial charge in [-0.2, -0.15) is 5.10 Å². The van der Waals surface area contributed by atoms with Crippen LogP contribution < -0.4 is 11.3 Å². The zero-order chi connectivity index (χ0) is 12.4. The van der Waals surface area contributed by atoms with Crippen molar-refractivity contribution in [1.82, 2.24) is 20.2 Å². The van der Waals surface area contributed by atoms with E-state index in [9.17, 15) is 0 Å². The predicted molar refractivity (Wildman–Crippen MR) is 66.1 cm³/mol. The summed E-state index contributed by atoms with van der Waals surface area (Å²) in [6, 6.07) is 1.91. The number of nitrogens with zero attached hydrogens (tertiary/aromatic N) is 3. The summed E-state index contributed by atoms with van der Waals surface area (Å²) in [7, 11) is 1.90. The highest BCUT2D eigenvalue weighted by Crippen LogP contribution is 2.25. The van der Waals surface area contributed by atoms with Crippen LogP contribution in [-0.4, -0.2) is 14.8 Å². The Bertz CT molecular complexity index is 517. The van der Waals surface area contributed by atoms with Crippen LogP contribution >= 0.6 is 0 Å². The SMILES string of the molecule is Cc1ccncc1C(NN)c1cn(C)nc1C. The molecule has 0 aliphatic rings. The Balaban J connectivity index is 2.47. The van der Waals surface area contributed by atoms with Crippen molar-refractivity contribution in [3.8, 4) is 0 Å². The van der Waals surface area contributed by atoms with E-state index in [4.69, 9.17) is 5.84 Å². The van der Waals surface area contributed by atoms with Crippen LogP contribution in [0.4, 0.5) is 0 Å². The van der Waals surface area contributed by atoms with Gasteiger partial charge in [-0.15, -0.1) is 0 Å². The molecule has 0 saturated carbocycles. The Labute approximate surface area is 101 Å². The van der Waals surface area contributed by atoms with Crippen LogP contribution in [0.1, 0.15) is 28.4 Å². The van der Waals surface area contributed by atoms with Crippen molar-refractivity contribution in [3.63, 3.8) is 0 Å². The molecule has 0 saturated heterocycles. The minimum absolute atomic E-state index is 0.0719. The molecule has 0 aliphatic heterocycles. The largest absolute Gasteiger partial charge is 0.275 e. The zero-order valence-corrected chi connectivity index (χ0v) is 10.3. The third-order valence-electron chi connectivity index (χ3n) is 2.92. The molecule has 2 heterocycles. The van der Waals surface area contributed by atoms with E-state index in [1.54, 1.807) is 10.9 Å². The van der Waals surface area contributed by atoms with Gasteiger partial charge in [0.05, 0.1) is 11.7 Å². The summed E-state index contributed by atoms with van der Waals surface area (Å²) >= 11 is 0. The van der Waals surface area contributed by atoms with Gasteiger partial charge in [-0.3, -0.25) is 15.5 Å². The number of nitrogens with two attached hydrogens (primary N) is 1. The lowest BCUT2D eigenvalue weighted by Crippen LogP contribution is -2.29. The van der Waals surface area contributed by atoms with E-state index in [1.165, 1.54) is 0 Å². The topological polar surface area (TPSA) is 68.8 Å². The van der Waals surface area contributed by atoms with Gasteiger partial charge in [0.15, 0.2) is 0 Å². The van der Waals surface area contributed by atoms with Crippen LogP contribution in [0.25, 0.3) is 0 Å². The molecule has 17 heavy (non-hydrogen) atoms. The average molecular weight is 231 g/mol. The van der Waals surface area contributed by atoms with E-state index >= 15 is 0 Å². The lowest BCUT2D eigenvalue weighted by molar-refractivity contribution is 0.628. The second-order valence-corrected chi connectivity index (χ2v) is 4.18. The van der Waals surface area contributed by atoms with Gasteiger partial charge in [-0.05, 0) is 31.0 Å². The molecule has 1 atom stereocenters. The van der Waals surface area contributed by atoms with E-state index in [1.807, 2.05) is 39.4 Å². The number of hydrazine groups is 1. The van der Waals surface area contributed by atoms with Crippen LogP contribution in [0, 0.1) is 13.8 Å². The summed E-state index contributed by atoms with van der Waals surface area (Å²) in [5, 5.41) is 4.34. The molecule has 90 valence electrons. The molecule has 2 rings (SSSR count). The molecule has 0 aliphatic carbocycles. The van der Waals surface area contributed by atoms with Crippen LogP contribution in [0.5, 0.6) is 0 Å². The van der Waals surface area contributed by atoms with Gasteiger partial charge in [0, 0.05) is 31.2 Å². The van der Waals surface area contributed by atoms with Gasteiger partial charge in [-0.1, -0.05) is 0 Å². The Morgan fingerprint density at radius 2 is 2.12 bits per heavy atom. The summed E-state index contributed by atoms with van der Waals surface area (Å²) in [6.07, 6.45) is 5.60. The second kappa shape index (κ2) is 4.65. The highest BCUT2D eigenvalue weighted by Gasteiger charge is 2.18. The van der Waals surface area contributed by atoms with Crippen LogP contribution in [0.3, 0.4) is 0 Å². The molecule has 5 nitrogen and oxygen atoms in total. The standard InChI is InChI=1S/C12H17N5/c1-8-4-5-14-6-10(8)12(15-13)11-7-17(3)16-9(11)2/h4-7,12,15H,13H2,1-3H3. The van der Waals surface area contributed by atoms with Crippen molar-refractivity contribution < 1.29 is 0 Å². The molecule has 1 unspecified atom stereocenters. The molecule has 5 heteroatoms. The number of aromatic nitrogens is 3. The first kappa shape index (κ1) is 11.8. The normalized spacial score (nSPS) is 12.7. The van der Waals surface area contributed by atoms with E-state index in [2.05, 4.69) is 15.5 Å². The third kappa shape index (κ3) is 2.20. The first-order valence-corrected chi connectivity index (χ1v) is 5.50. The Kier molecular flexibility index (Phi) is 3.21. The van der Waals surface area contributed by atoms with Crippen LogP contribution in [-0.2, 0) is 7.05 Å². The summed E-state index contributed by atoms with van der Waals surface area (Å²) < 4.78 is 1.79. The minimum atomic E-state index is -0.0719. The molecular formula is C12H17N5.